The van der Waals surface area contributed by atoms with Gasteiger partial charge in [0, 0.05) is 17.2 Å². The molecule has 0 spiro atoms. The first-order valence-electron chi connectivity index (χ1n) is 11.5. The predicted molar refractivity (Wildman–Crippen MR) is 130 cm³/mol. The van der Waals surface area contributed by atoms with Gasteiger partial charge in [-0.1, -0.05) is 47.1 Å². The Balaban J connectivity index is 1.54. The third-order valence-electron chi connectivity index (χ3n) is 6.32. The number of benzene rings is 2. The van der Waals surface area contributed by atoms with Crippen molar-refractivity contribution in [1.82, 2.24) is 15.5 Å². The van der Waals surface area contributed by atoms with Crippen LogP contribution in [0.3, 0.4) is 0 Å². The molecule has 1 aliphatic rings. The zero-order chi connectivity index (χ0) is 26.0. The Morgan fingerprint density at radius 3 is 2.47 bits per heavy atom. The maximum atomic E-state index is 13.5. The standard InChI is InChI=1S/C27H26F3N3O3/c1-15-14-20(12-13-21(15)22-6-4-5-7-23(22)27(28,29)30)25-32-24(33-36-25)19-10-8-18(9-11-19)16(2)31-17(3)26(34)35/h4-8,10,12-14,16-17,31H,9,11H2,1-3H3,(H,34,35)/t16?,17-/m1/s1. The topological polar surface area (TPSA) is 88.2 Å². The van der Waals surface area contributed by atoms with E-state index in [1.807, 2.05) is 19.1 Å². The predicted octanol–water partition coefficient (Wildman–Crippen LogP) is 6.29. The molecule has 1 unspecified atom stereocenters. The molecule has 0 radical (unpaired) electrons. The van der Waals surface area contributed by atoms with Gasteiger partial charge in [-0.15, -0.1) is 0 Å². The summed E-state index contributed by atoms with van der Waals surface area (Å²) < 4.78 is 45.9. The Morgan fingerprint density at radius 1 is 1.08 bits per heavy atom. The van der Waals surface area contributed by atoms with Crippen LogP contribution in [-0.2, 0) is 11.0 Å². The lowest BCUT2D eigenvalue weighted by molar-refractivity contribution is -0.139. The molecule has 3 aromatic rings. The number of aryl methyl sites for hydroxylation is 1. The van der Waals surface area contributed by atoms with Gasteiger partial charge < -0.3 is 9.63 Å². The summed E-state index contributed by atoms with van der Waals surface area (Å²) in [5.41, 5.74) is 3.17. The number of nitrogens with one attached hydrogen (secondary N) is 1. The van der Waals surface area contributed by atoms with E-state index in [1.54, 1.807) is 38.1 Å². The van der Waals surface area contributed by atoms with E-state index in [9.17, 15) is 18.0 Å². The van der Waals surface area contributed by atoms with Crippen LogP contribution in [0.25, 0.3) is 28.2 Å². The number of carbonyl (C=O) groups is 1. The van der Waals surface area contributed by atoms with Gasteiger partial charge in [0.1, 0.15) is 6.04 Å². The van der Waals surface area contributed by atoms with Crippen LogP contribution < -0.4 is 5.32 Å². The largest absolute Gasteiger partial charge is 0.480 e. The molecule has 0 saturated heterocycles. The zero-order valence-electron chi connectivity index (χ0n) is 20.1. The lowest BCUT2D eigenvalue weighted by Gasteiger charge is -2.22. The van der Waals surface area contributed by atoms with Crippen molar-refractivity contribution in [2.75, 3.05) is 0 Å². The van der Waals surface area contributed by atoms with Crippen molar-refractivity contribution in [3.63, 3.8) is 0 Å². The van der Waals surface area contributed by atoms with Crippen molar-refractivity contribution in [3.05, 3.63) is 77.1 Å². The van der Waals surface area contributed by atoms with Crippen LogP contribution in [0.1, 0.15) is 43.6 Å². The van der Waals surface area contributed by atoms with Gasteiger partial charge in [-0.25, -0.2) is 0 Å². The fourth-order valence-corrected chi connectivity index (χ4v) is 4.29. The summed E-state index contributed by atoms with van der Waals surface area (Å²) in [4.78, 5) is 15.6. The average Bonchev–Trinajstić information content (AvgIpc) is 3.34. The van der Waals surface area contributed by atoms with Gasteiger partial charge in [0.25, 0.3) is 5.89 Å². The Labute approximate surface area is 206 Å². The molecule has 1 aromatic heterocycles. The summed E-state index contributed by atoms with van der Waals surface area (Å²) in [6.45, 7) is 5.28. The first-order valence-corrected chi connectivity index (χ1v) is 11.5. The lowest BCUT2D eigenvalue weighted by Crippen LogP contribution is -2.40. The van der Waals surface area contributed by atoms with E-state index < -0.39 is 23.8 Å². The average molecular weight is 498 g/mol. The Hall–Kier alpha value is -3.72. The maximum absolute atomic E-state index is 13.5. The second-order valence-corrected chi connectivity index (χ2v) is 8.88. The minimum atomic E-state index is -4.45. The number of carboxylic acid groups (broad SMARTS) is 1. The van der Waals surface area contributed by atoms with E-state index in [0.717, 1.165) is 23.6 Å². The summed E-state index contributed by atoms with van der Waals surface area (Å²) in [6.07, 6.45) is 0.790. The van der Waals surface area contributed by atoms with Gasteiger partial charge in [-0.05, 0) is 68.5 Å². The molecule has 0 fully saturated rings. The van der Waals surface area contributed by atoms with Crippen LogP contribution in [-0.4, -0.2) is 33.3 Å². The zero-order valence-corrected chi connectivity index (χ0v) is 20.1. The fraction of sp³-hybridized carbons (Fsp3) is 0.296. The van der Waals surface area contributed by atoms with Gasteiger partial charge in [-0.3, -0.25) is 10.1 Å². The lowest BCUT2D eigenvalue weighted by atomic mass is 9.93. The van der Waals surface area contributed by atoms with E-state index in [-0.39, 0.29) is 17.5 Å². The SMILES string of the molecule is Cc1cc(-c2nc(C3=CC=C(C(C)N[C@H](C)C(=O)O)CC3)no2)ccc1-c1ccccc1C(F)(F)F. The first kappa shape index (κ1) is 25.4. The molecule has 0 saturated carbocycles. The van der Waals surface area contributed by atoms with Crippen LogP contribution in [0.2, 0.25) is 0 Å². The van der Waals surface area contributed by atoms with Crippen molar-refractivity contribution in [1.29, 1.82) is 0 Å². The maximum Gasteiger partial charge on any atom is 0.417 e. The van der Waals surface area contributed by atoms with Gasteiger partial charge >= 0.3 is 12.1 Å². The van der Waals surface area contributed by atoms with Crippen molar-refractivity contribution in [3.8, 4) is 22.6 Å². The van der Waals surface area contributed by atoms with E-state index >= 15 is 0 Å². The molecule has 9 heteroatoms. The number of aliphatic carboxylic acids is 1. The van der Waals surface area contributed by atoms with Gasteiger partial charge in [0.05, 0.1) is 5.56 Å². The van der Waals surface area contributed by atoms with E-state index in [0.29, 0.717) is 28.9 Å². The number of halogens is 3. The molecule has 0 bridgehead atoms. The normalized spacial score (nSPS) is 15.7. The van der Waals surface area contributed by atoms with Gasteiger partial charge in [0.15, 0.2) is 5.82 Å². The highest BCUT2D eigenvalue weighted by Gasteiger charge is 2.33. The Kier molecular flexibility index (Phi) is 7.12. The second-order valence-electron chi connectivity index (χ2n) is 8.88. The monoisotopic (exact) mass is 497 g/mol. The second kappa shape index (κ2) is 10.1. The molecule has 2 aromatic carbocycles. The van der Waals surface area contributed by atoms with E-state index in [2.05, 4.69) is 15.5 Å². The minimum absolute atomic E-state index is 0.0845. The van der Waals surface area contributed by atoms with Crippen molar-refractivity contribution >= 4 is 11.5 Å². The third kappa shape index (κ3) is 5.41. The molecular formula is C27H26F3N3O3. The smallest absolute Gasteiger partial charge is 0.417 e. The summed E-state index contributed by atoms with van der Waals surface area (Å²) in [6, 6.07) is 9.83. The first-order chi connectivity index (χ1) is 17.0. The highest BCUT2D eigenvalue weighted by atomic mass is 19.4. The van der Waals surface area contributed by atoms with Crippen LogP contribution in [0.4, 0.5) is 13.2 Å². The third-order valence-corrected chi connectivity index (χ3v) is 6.32. The number of carboxylic acids is 1. The quantitative estimate of drug-likeness (QED) is 0.399. The van der Waals surface area contributed by atoms with Crippen LogP contribution in [0.15, 0.2) is 64.7 Å². The number of hydrogen-bond acceptors (Lipinski definition) is 5. The Morgan fingerprint density at radius 2 is 1.83 bits per heavy atom. The highest BCUT2D eigenvalue weighted by Crippen LogP contribution is 2.39. The molecule has 1 aliphatic carbocycles. The van der Waals surface area contributed by atoms with Crippen LogP contribution in [0.5, 0.6) is 0 Å². The highest BCUT2D eigenvalue weighted by molar-refractivity contribution is 5.75. The van der Waals surface area contributed by atoms with Gasteiger partial charge in [0.2, 0.25) is 0 Å². The molecule has 36 heavy (non-hydrogen) atoms. The van der Waals surface area contributed by atoms with E-state index in [4.69, 9.17) is 9.63 Å². The number of nitrogens with zero attached hydrogens (tertiary/aromatic N) is 2. The van der Waals surface area contributed by atoms with Crippen molar-refractivity contribution in [2.24, 2.45) is 0 Å². The number of aromatic nitrogens is 2. The van der Waals surface area contributed by atoms with Crippen molar-refractivity contribution < 1.29 is 27.6 Å². The number of hydrogen-bond donors (Lipinski definition) is 2. The minimum Gasteiger partial charge on any atom is -0.480 e. The van der Waals surface area contributed by atoms with Crippen LogP contribution in [0, 0.1) is 6.92 Å². The molecule has 2 atom stereocenters. The number of rotatable bonds is 7. The summed E-state index contributed by atoms with van der Waals surface area (Å²) in [5.74, 6) is -0.171. The van der Waals surface area contributed by atoms with E-state index in [1.165, 1.54) is 12.1 Å². The van der Waals surface area contributed by atoms with Gasteiger partial charge in [-0.2, -0.15) is 18.2 Å². The summed E-state index contributed by atoms with van der Waals surface area (Å²) in [5, 5.41) is 16.2. The van der Waals surface area contributed by atoms with Crippen LogP contribution >= 0.6 is 0 Å². The van der Waals surface area contributed by atoms with Crippen molar-refractivity contribution in [2.45, 2.75) is 51.9 Å². The Bertz CT molecular complexity index is 1340. The number of alkyl halides is 3. The summed E-state index contributed by atoms with van der Waals surface area (Å²) in [7, 11) is 0. The fourth-order valence-electron chi connectivity index (χ4n) is 4.29. The summed E-state index contributed by atoms with van der Waals surface area (Å²) >= 11 is 0. The molecule has 0 amide bonds. The molecule has 4 rings (SSSR count). The molecule has 188 valence electrons. The number of allylic oxidation sites excluding steroid dienone is 3. The molecule has 1 heterocycles. The molecule has 0 aliphatic heterocycles. The molecular weight excluding hydrogens is 471 g/mol. The molecule has 6 nitrogen and oxygen atoms in total. The molecule has 2 N–H and O–H groups in total.